The predicted molar refractivity (Wildman–Crippen MR) is 111 cm³/mol. The van der Waals surface area contributed by atoms with Crippen LogP contribution in [0, 0.1) is 20.8 Å². The van der Waals surface area contributed by atoms with Crippen LogP contribution in [-0.2, 0) is 6.54 Å². The van der Waals surface area contributed by atoms with Crippen molar-refractivity contribution in [2.24, 2.45) is 0 Å². The lowest BCUT2D eigenvalue weighted by atomic mass is 10.1. The Morgan fingerprint density at radius 1 is 1.00 bits per heavy atom. The number of nitrogens with zero attached hydrogens (tertiary/aromatic N) is 2. The molecule has 1 aromatic heterocycles. The first kappa shape index (κ1) is 18.7. The summed E-state index contributed by atoms with van der Waals surface area (Å²) in [6.07, 6.45) is 0. The SMILES string of the molecule is Cc1cc(C(=O)Nc2c(C)cccc2C)nc(NCc2ccc3c(c2)OCO3)n1. The molecule has 0 fully saturated rings. The number of anilines is 2. The highest BCUT2D eigenvalue weighted by atomic mass is 16.7. The van der Waals surface area contributed by atoms with Crippen LogP contribution in [-0.4, -0.2) is 22.7 Å². The van der Waals surface area contributed by atoms with Gasteiger partial charge in [0.05, 0.1) is 0 Å². The number of nitrogens with one attached hydrogen (secondary N) is 2. The van der Waals surface area contributed by atoms with E-state index in [0.717, 1.165) is 33.9 Å². The number of carbonyl (C=O) groups is 1. The van der Waals surface area contributed by atoms with Crippen LogP contribution >= 0.6 is 0 Å². The number of aryl methyl sites for hydroxylation is 3. The van der Waals surface area contributed by atoms with Crippen LogP contribution in [0.25, 0.3) is 0 Å². The van der Waals surface area contributed by atoms with E-state index in [1.807, 2.05) is 57.2 Å². The second-order valence-electron chi connectivity index (χ2n) is 6.98. The van der Waals surface area contributed by atoms with Crippen molar-refractivity contribution in [1.29, 1.82) is 0 Å². The average molecular weight is 390 g/mol. The maximum Gasteiger partial charge on any atom is 0.274 e. The molecule has 0 unspecified atom stereocenters. The summed E-state index contributed by atoms with van der Waals surface area (Å²) in [6, 6.07) is 13.3. The maximum absolute atomic E-state index is 12.8. The molecule has 4 rings (SSSR count). The molecule has 3 aromatic rings. The number of rotatable bonds is 5. The van der Waals surface area contributed by atoms with E-state index in [1.54, 1.807) is 6.07 Å². The molecular formula is C22H22N4O3. The van der Waals surface area contributed by atoms with E-state index >= 15 is 0 Å². The zero-order valence-electron chi connectivity index (χ0n) is 16.6. The molecule has 1 amide bonds. The third kappa shape index (κ3) is 4.13. The van der Waals surface area contributed by atoms with Gasteiger partial charge >= 0.3 is 0 Å². The fourth-order valence-corrected chi connectivity index (χ4v) is 3.19. The summed E-state index contributed by atoms with van der Waals surface area (Å²) in [5.41, 5.74) is 4.84. The Kier molecular flexibility index (Phi) is 5.03. The van der Waals surface area contributed by atoms with Gasteiger partial charge in [-0.2, -0.15) is 0 Å². The van der Waals surface area contributed by atoms with Gasteiger partial charge in [-0.1, -0.05) is 24.3 Å². The monoisotopic (exact) mass is 390 g/mol. The Morgan fingerprint density at radius 2 is 1.76 bits per heavy atom. The van der Waals surface area contributed by atoms with Crippen molar-refractivity contribution >= 4 is 17.5 Å². The van der Waals surface area contributed by atoms with Crippen molar-refractivity contribution in [3.8, 4) is 11.5 Å². The van der Waals surface area contributed by atoms with Gasteiger partial charge in [-0.15, -0.1) is 0 Å². The Balaban J connectivity index is 1.49. The van der Waals surface area contributed by atoms with E-state index in [-0.39, 0.29) is 12.7 Å². The van der Waals surface area contributed by atoms with Gasteiger partial charge in [0.1, 0.15) is 5.69 Å². The number of amides is 1. The summed E-state index contributed by atoms with van der Waals surface area (Å²) in [5, 5.41) is 6.14. The molecule has 1 aliphatic heterocycles. The smallest absolute Gasteiger partial charge is 0.274 e. The Labute approximate surface area is 169 Å². The Hall–Kier alpha value is -3.61. The quantitative estimate of drug-likeness (QED) is 0.685. The second kappa shape index (κ2) is 7.79. The van der Waals surface area contributed by atoms with E-state index in [0.29, 0.717) is 23.9 Å². The molecule has 148 valence electrons. The second-order valence-corrected chi connectivity index (χ2v) is 6.98. The lowest BCUT2D eigenvalue weighted by Crippen LogP contribution is -2.17. The predicted octanol–water partition coefficient (Wildman–Crippen LogP) is 3.99. The van der Waals surface area contributed by atoms with Crippen LogP contribution in [0.5, 0.6) is 11.5 Å². The van der Waals surface area contributed by atoms with Gasteiger partial charge in [-0.25, -0.2) is 9.97 Å². The van der Waals surface area contributed by atoms with Crippen LogP contribution < -0.4 is 20.1 Å². The molecule has 7 heteroatoms. The number of aromatic nitrogens is 2. The van der Waals surface area contributed by atoms with Crippen LogP contribution in [0.15, 0.2) is 42.5 Å². The number of benzene rings is 2. The van der Waals surface area contributed by atoms with E-state index in [9.17, 15) is 4.79 Å². The van der Waals surface area contributed by atoms with Gasteiger partial charge in [0, 0.05) is 17.9 Å². The minimum atomic E-state index is -0.265. The van der Waals surface area contributed by atoms with Crippen LogP contribution in [0.4, 0.5) is 11.6 Å². The highest BCUT2D eigenvalue weighted by molar-refractivity contribution is 6.03. The zero-order valence-corrected chi connectivity index (χ0v) is 16.6. The van der Waals surface area contributed by atoms with Crippen LogP contribution in [0.2, 0.25) is 0 Å². The molecule has 2 aromatic carbocycles. The highest BCUT2D eigenvalue weighted by Gasteiger charge is 2.15. The largest absolute Gasteiger partial charge is 0.454 e. The molecular weight excluding hydrogens is 368 g/mol. The van der Waals surface area contributed by atoms with Crippen molar-refractivity contribution in [3.63, 3.8) is 0 Å². The average Bonchev–Trinajstić information content (AvgIpc) is 3.16. The fraction of sp³-hybridized carbons (Fsp3) is 0.227. The van der Waals surface area contributed by atoms with Gasteiger partial charge < -0.3 is 20.1 Å². The summed E-state index contributed by atoms with van der Waals surface area (Å²) in [4.78, 5) is 21.5. The summed E-state index contributed by atoms with van der Waals surface area (Å²) < 4.78 is 10.7. The lowest BCUT2D eigenvalue weighted by molar-refractivity contribution is 0.102. The van der Waals surface area contributed by atoms with Crippen molar-refractivity contribution in [1.82, 2.24) is 9.97 Å². The lowest BCUT2D eigenvalue weighted by Gasteiger charge is -2.12. The summed E-state index contributed by atoms with van der Waals surface area (Å²) >= 11 is 0. The maximum atomic E-state index is 12.8. The fourth-order valence-electron chi connectivity index (χ4n) is 3.19. The van der Waals surface area contributed by atoms with Crippen molar-refractivity contribution in [2.75, 3.05) is 17.4 Å². The topological polar surface area (TPSA) is 85.4 Å². The first-order chi connectivity index (χ1) is 14.0. The van der Waals surface area contributed by atoms with Gasteiger partial charge in [-0.05, 0) is 55.7 Å². The van der Waals surface area contributed by atoms with Gasteiger partial charge in [0.25, 0.3) is 5.91 Å². The van der Waals surface area contributed by atoms with E-state index in [2.05, 4.69) is 20.6 Å². The number of hydrogen-bond acceptors (Lipinski definition) is 6. The number of hydrogen-bond donors (Lipinski definition) is 2. The number of ether oxygens (including phenoxy) is 2. The van der Waals surface area contributed by atoms with E-state index in [4.69, 9.17) is 9.47 Å². The zero-order chi connectivity index (χ0) is 20.4. The molecule has 0 aliphatic carbocycles. The third-order valence-corrected chi connectivity index (χ3v) is 4.69. The van der Waals surface area contributed by atoms with Crippen LogP contribution in [0.3, 0.4) is 0 Å². The molecule has 0 saturated heterocycles. The molecule has 0 radical (unpaired) electrons. The summed E-state index contributed by atoms with van der Waals surface area (Å²) in [6.45, 7) is 6.51. The van der Waals surface area contributed by atoms with E-state index < -0.39 is 0 Å². The first-order valence-corrected chi connectivity index (χ1v) is 9.35. The molecule has 0 spiro atoms. The number of para-hydroxylation sites is 1. The van der Waals surface area contributed by atoms with Gasteiger partial charge in [-0.3, -0.25) is 4.79 Å². The summed E-state index contributed by atoms with van der Waals surface area (Å²) in [5.74, 6) is 1.60. The first-order valence-electron chi connectivity index (χ1n) is 9.35. The standard InChI is InChI=1S/C22H22N4O3/c1-13-5-4-6-14(2)20(13)26-21(27)17-9-15(3)24-22(25-17)23-11-16-7-8-18-19(10-16)29-12-28-18/h4-10H,11-12H2,1-3H3,(H,26,27)(H,23,24,25). The molecule has 2 heterocycles. The highest BCUT2D eigenvalue weighted by Crippen LogP contribution is 2.32. The molecule has 2 N–H and O–H groups in total. The molecule has 7 nitrogen and oxygen atoms in total. The molecule has 1 aliphatic rings. The molecule has 0 saturated carbocycles. The Bertz CT molecular complexity index is 1060. The molecule has 29 heavy (non-hydrogen) atoms. The minimum absolute atomic E-state index is 0.242. The van der Waals surface area contributed by atoms with E-state index in [1.165, 1.54) is 0 Å². The Morgan fingerprint density at radius 3 is 2.55 bits per heavy atom. The van der Waals surface area contributed by atoms with Gasteiger partial charge in [0.2, 0.25) is 12.7 Å². The number of carbonyl (C=O) groups excluding carboxylic acids is 1. The van der Waals surface area contributed by atoms with Crippen molar-refractivity contribution in [2.45, 2.75) is 27.3 Å². The van der Waals surface area contributed by atoms with Crippen molar-refractivity contribution in [3.05, 3.63) is 70.5 Å². The molecule has 0 bridgehead atoms. The molecule has 0 atom stereocenters. The van der Waals surface area contributed by atoms with Gasteiger partial charge in [0.15, 0.2) is 11.5 Å². The minimum Gasteiger partial charge on any atom is -0.454 e. The summed E-state index contributed by atoms with van der Waals surface area (Å²) in [7, 11) is 0. The number of fused-ring (bicyclic) bond motifs is 1. The van der Waals surface area contributed by atoms with Crippen LogP contribution in [0.1, 0.15) is 32.9 Å². The van der Waals surface area contributed by atoms with Crippen molar-refractivity contribution < 1.29 is 14.3 Å². The normalized spacial score (nSPS) is 12.0. The third-order valence-electron chi connectivity index (χ3n) is 4.69.